The van der Waals surface area contributed by atoms with E-state index in [0.717, 1.165) is 6.42 Å². The minimum Gasteiger partial charge on any atom is -0.299 e. The molecular formula is C20H42O2. The molecule has 0 rings (SSSR count). The van der Waals surface area contributed by atoms with Gasteiger partial charge in [0.15, 0.2) is 0 Å². The first-order valence-electron chi connectivity index (χ1n) is 7.87. The average Bonchev–Trinajstić information content (AvgIpc) is 2.10. The number of hydrogen-bond donors (Lipinski definition) is 0. The predicted molar refractivity (Wildman–Crippen MR) is 99.2 cm³/mol. The summed E-state index contributed by atoms with van der Waals surface area (Å²) in [4.78, 5) is 22.6. The van der Waals surface area contributed by atoms with Gasteiger partial charge in [-0.25, -0.2) is 0 Å². The van der Waals surface area contributed by atoms with E-state index in [1.807, 2.05) is 55.4 Å². The van der Waals surface area contributed by atoms with Crippen molar-refractivity contribution in [3.8, 4) is 0 Å². The molecular weight excluding hydrogens is 272 g/mol. The third-order valence-corrected chi connectivity index (χ3v) is 3.29. The zero-order valence-electron chi connectivity index (χ0n) is 16.5. The van der Waals surface area contributed by atoms with Crippen LogP contribution in [-0.4, -0.2) is 11.6 Å². The quantitative estimate of drug-likeness (QED) is 0.597. The van der Waals surface area contributed by atoms with Crippen molar-refractivity contribution in [2.24, 2.45) is 21.7 Å². The fourth-order valence-electron chi connectivity index (χ4n) is 2.58. The van der Waals surface area contributed by atoms with Crippen LogP contribution in [0, 0.1) is 21.7 Å². The molecule has 0 atom stereocenters. The first-order valence-corrected chi connectivity index (χ1v) is 7.87. The molecule has 0 unspecified atom stereocenters. The Morgan fingerprint density at radius 3 is 1.00 bits per heavy atom. The molecule has 0 radical (unpaired) electrons. The second kappa shape index (κ2) is 8.26. The lowest BCUT2D eigenvalue weighted by atomic mass is 9.74. The van der Waals surface area contributed by atoms with Gasteiger partial charge in [0.1, 0.15) is 11.6 Å². The largest absolute Gasteiger partial charge is 0.299 e. The Kier molecular flexibility index (Phi) is 9.86. The van der Waals surface area contributed by atoms with Crippen molar-refractivity contribution in [3.63, 3.8) is 0 Å². The zero-order chi connectivity index (χ0) is 17.9. The SMILES string of the molecule is C.CC(=O)C(C)(C)CC(C)(C)C.CC(C)(C)C(=O)C(C)(C)C. The lowest BCUT2D eigenvalue weighted by Crippen LogP contribution is -2.32. The molecule has 0 amide bonds. The van der Waals surface area contributed by atoms with Crippen LogP contribution >= 0.6 is 0 Å². The Balaban J connectivity index is -0.000000315. The van der Waals surface area contributed by atoms with Gasteiger partial charge in [-0.2, -0.15) is 0 Å². The van der Waals surface area contributed by atoms with Crippen LogP contribution in [0.3, 0.4) is 0 Å². The molecule has 0 bridgehead atoms. The van der Waals surface area contributed by atoms with Gasteiger partial charge in [0.05, 0.1) is 0 Å². The monoisotopic (exact) mass is 314 g/mol. The van der Waals surface area contributed by atoms with E-state index in [0.29, 0.717) is 5.78 Å². The molecule has 0 saturated heterocycles. The molecule has 0 aromatic heterocycles. The van der Waals surface area contributed by atoms with Crippen LogP contribution in [0.5, 0.6) is 0 Å². The van der Waals surface area contributed by atoms with Crippen molar-refractivity contribution in [3.05, 3.63) is 0 Å². The summed E-state index contributed by atoms with van der Waals surface area (Å²) >= 11 is 0. The molecule has 0 N–H and O–H groups in total. The predicted octanol–water partition coefficient (Wildman–Crippen LogP) is 6.32. The third-order valence-electron chi connectivity index (χ3n) is 3.29. The summed E-state index contributed by atoms with van der Waals surface area (Å²) in [6.45, 7) is 23.9. The zero-order valence-corrected chi connectivity index (χ0v) is 16.5. The molecule has 22 heavy (non-hydrogen) atoms. The molecule has 0 heterocycles. The minimum atomic E-state index is -0.196. The Morgan fingerprint density at radius 2 is 0.955 bits per heavy atom. The highest BCUT2D eigenvalue weighted by molar-refractivity contribution is 5.88. The number of ketones is 2. The van der Waals surface area contributed by atoms with Gasteiger partial charge in [-0.05, 0) is 18.8 Å². The molecule has 0 aliphatic rings. The number of hydrogen-bond acceptors (Lipinski definition) is 2. The van der Waals surface area contributed by atoms with Crippen molar-refractivity contribution in [1.29, 1.82) is 0 Å². The van der Waals surface area contributed by atoms with Crippen molar-refractivity contribution >= 4 is 11.6 Å². The summed E-state index contributed by atoms with van der Waals surface area (Å²) in [5.41, 5.74) is -0.302. The summed E-state index contributed by atoms with van der Waals surface area (Å²) in [6.07, 6.45) is 0.954. The van der Waals surface area contributed by atoms with E-state index >= 15 is 0 Å². The molecule has 0 aliphatic carbocycles. The van der Waals surface area contributed by atoms with E-state index in [4.69, 9.17) is 0 Å². The molecule has 2 nitrogen and oxygen atoms in total. The molecule has 0 aromatic rings. The summed E-state index contributed by atoms with van der Waals surface area (Å²) in [7, 11) is 0. The van der Waals surface area contributed by atoms with E-state index in [9.17, 15) is 9.59 Å². The summed E-state index contributed by atoms with van der Waals surface area (Å²) in [6, 6.07) is 0. The Labute approximate surface area is 140 Å². The number of Topliss-reactive ketones (excluding diaryl/α,β-unsaturated/α-hetero) is 2. The van der Waals surface area contributed by atoms with Gasteiger partial charge in [-0.1, -0.05) is 83.6 Å². The summed E-state index contributed by atoms with van der Waals surface area (Å²) in [5, 5.41) is 0. The number of carbonyl (C=O) groups excluding carboxylic acids is 2. The third kappa shape index (κ3) is 11.9. The van der Waals surface area contributed by atoms with E-state index in [2.05, 4.69) is 20.8 Å². The van der Waals surface area contributed by atoms with Gasteiger partial charge in [0.25, 0.3) is 0 Å². The second-order valence-corrected chi connectivity index (χ2v) is 10.0. The molecule has 0 saturated carbocycles. The smallest absolute Gasteiger partial charge is 0.143 e. The van der Waals surface area contributed by atoms with Crippen LogP contribution in [0.2, 0.25) is 0 Å². The Bertz CT molecular complexity index is 339. The fourth-order valence-corrected chi connectivity index (χ4v) is 2.58. The lowest BCUT2D eigenvalue weighted by molar-refractivity contribution is -0.134. The maximum Gasteiger partial charge on any atom is 0.143 e. The maximum absolute atomic E-state index is 11.5. The van der Waals surface area contributed by atoms with Crippen molar-refractivity contribution in [1.82, 2.24) is 0 Å². The highest BCUT2D eigenvalue weighted by Gasteiger charge is 2.31. The minimum absolute atomic E-state index is 0. The number of carbonyl (C=O) groups is 2. The first-order chi connectivity index (χ1) is 8.81. The topological polar surface area (TPSA) is 34.1 Å². The van der Waals surface area contributed by atoms with E-state index in [-0.39, 0.29) is 34.9 Å². The van der Waals surface area contributed by atoms with Gasteiger partial charge in [0.2, 0.25) is 0 Å². The highest BCUT2D eigenvalue weighted by atomic mass is 16.1. The maximum atomic E-state index is 11.5. The fraction of sp³-hybridized carbons (Fsp3) is 0.900. The molecule has 0 spiro atoms. The van der Waals surface area contributed by atoms with Crippen LogP contribution in [0.15, 0.2) is 0 Å². The van der Waals surface area contributed by atoms with Gasteiger partial charge < -0.3 is 0 Å². The second-order valence-electron chi connectivity index (χ2n) is 10.0. The molecule has 0 fully saturated rings. The average molecular weight is 315 g/mol. The lowest BCUT2D eigenvalue weighted by Gasteiger charge is -2.29. The molecule has 0 aliphatic heterocycles. The summed E-state index contributed by atoms with van der Waals surface area (Å²) < 4.78 is 0. The van der Waals surface area contributed by atoms with Gasteiger partial charge in [0, 0.05) is 16.2 Å². The first kappa shape index (κ1) is 26.2. The van der Waals surface area contributed by atoms with Crippen molar-refractivity contribution < 1.29 is 9.59 Å². The van der Waals surface area contributed by atoms with Gasteiger partial charge >= 0.3 is 0 Å². The van der Waals surface area contributed by atoms with Crippen LogP contribution < -0.4 is 0 Å². The van der Waals surface area contributed by atoms with Crippen LogP contribution in [0.25, 0.3) is 0 Å². The van der Waals surface area contributed by atoms with Crippen molar-refractivity contribution in [2.45, 2.75) is 96.9 Å². The molecule has 2 heteroatoms. The Morgan fingerprint density at radius 1 is 0.682 bits per heavy atom. The normalized spacial score (nSPS) is 12.7. The van der Waals surface area contributed by atoms with E-state index in [1.54, 1.807) is 6.92 Å². The standard InChI is InChI=1S/C10H20O.C9H18O.CH4/c1-8(11)10(5,6)7-9(2,3)4;1-8(2,3)7(10)9(4,5)6;/h7H2,1-6H3;1-6H3;1H4. The summed E-state index contributed by atoms with van der Waals surface area (Å²) in [5.74, 6) is 0.604. The van der Waals surface area contributed by atoms with Gasteiger partial charge in [-0.3, -0.25) is 9.59 Å². The molecule has 134 valence electrons. The van der Waals surface area contributed by atoms with Crippen LogP contribution in [-0.2, 0) is 9.59 Å². The number of rotatable bonds is 2. The highest BCUT2D eigenvalue weighted by Crippen LogP contribution is 2.33. The van der Waals surface area contributed by atoms with Gasteiger partial charge in [-0.15, -0.1) is 0 Å². The van der Waals surface area contributed by atoms with Crippen molar-refractivity contribution in [2.75, 3.05) is 0 Å². The van der Waals surface area contributed by atoms with Crippen LogP contribution in [0.1, 0.15) is 96.9 Å². The Hall–Kier alpha value is -0.660. The molecule has 0 aromatic carbocycles. The van der Waals surface area contributed by atoms with E-state index < -0.39 is 0 Å². The van der Waals surface area contributed by atoms with E-state index in [1.165, 1.54) is 0 Å². The van der Waals surface area contributed by atoms with Crippen LogP contribution in [0.4, 0.5) is 0 Å².